The lowest BCUT2D eigenvalue weighted by Crippen LogP contribution is -2.50. The molecule has 2 aromatic heterocycles. The van der Waals surface area contributed by atoms with E-state index in [1.807, 2.05) is 36.1 Å². The molecule has 3 aliphatic heterocycles. The van der Waals surface area contributed by atoms with Crippen molar-refractivity contribution in [1.82, 2.24) is 29.9 Å². The van der Waals surface area contributed by atoms with Gasteiger partial charge >= 0.3 is 6.03 Å². The van der Waals surface area contributed by atoms with Crippen LogP contribution in [0.3, 0.4) is 0 Å². The van der Waals surface area contributed by atoms with Crippen molar-refractivity contribution >= 4 is 57.6 Å². The number of amides is 5. The predicted octanol–water partition coefficient (Wildman–Crippen LogP) is 6.85. The Morgan fingerprint density at radius 2 is 1.71 bits per heavy atom. The van der Waals surface area contributed by atoms with E-state index in [4.69, 9.17) is 21.4 Å². The van der Waals surface area contributed by atoms with Gasteiger partial charge in [0, 0.05) is 61.5 Å². The fourth-order valence-corrected chi connectivity index (χ4v) is 9.28. The number of halogens is 1. The molecule has 0 radical (unpaired) electrons. The maximum Gasteiger partial charge on any atom is 0.328 e. The average molecular weight is 781 g/mol. The minimum absolute atomic E-state index is 0.0489. The van der Waals surface area contributed by atoms with Gasteiger partial charge in [-0.15, -0.1) is 0 Å². The predicted molar refractivity (Wildman–Crippen MR) is 214 cm³/mol. The number of aryl methyl sites for hydroxylation is 1. The van der Waals surface area contributed by atoms with Crippen molar-refractivity contribution in [2.45, 2.75) is 70.8 Å². The van der Waals surface area contributed by atoms with Gasteiger partial charge in [-0.1, -0.05) is 17.7 Å². The van der Waals surface area contributed by atoms with Gasteiger partial charge in [0.1, 0.15) is 11.4 Å². The van der Waals surface area contributed by atoms with E-state index < -0.39 is 6.03 Å². The molecule has 2 aromatic carbocycles. The van der Waals surface area contributed by atoms with E-state index in [1.165, 1.54) is 17.7 Å². The normalized spacial score (nSPS) is 21.6. The van der Waals surface area contributed by atoms with Crippen LogP contribution in [-0.4, -0.2) is 94.7 Å². The molecule has 1 spiro atoms. The molecule has 8 rings (SSSR count). The van der Waals surface area contributed by atoms with E-state index in [9.17, 15) is 19.2 Å². The second-order valence-corrected chi connectivity index (χ2v) is 16.4. The number of anilines is 2. The molecule has 4 aromatic rings. The van der Waals surface area contributed by atoms with E-state index in [2.05, 4.69) is 31.4 Å². The molecule has 4 aliphatic rings. The summed E-state index contributed by atoms with van der Waals surface area (Å²) >= 11 is 6.43. The summed E-state index contributed by atoms with van der Waals surface area (Å²) in [5.74, 6) is 0.589. The molecule has 4 fully saturated rings. The molecule has 13 nitrogen and oxygen atoms in total. The first kappa shape index (κ1) is 37.9. The number of urea groups is 1. The summed E-state index contributed by atoms with van der Waals surface area (Å²) in [5.41, 5.74) is 3.80. The number of imide groups is 1. The Hall–Kier alpha value is -5.01. The molecule has 2 N–H and O–H groups in total. The van der Waals surface area contributed by atoms with E-state index in [0.29, 0.717) is 45.4 Å². The second-order valence-electron chi connectivity index (χ2n) is 16.0. The number of nitrogens with one attached hydrogen (secondary N) is 2. The van der Waals surface area contributed by atoms with Crippen molar-refractivity contribution in [2.75, 3.05) is 56.6 Å². The number of hydrogen-bond donors (Lipinski definition) is 2. The number of carbonyl (C=O) groups excluding carboxylic acids is 4. The third-order valence-electron chi connectivity index (χ3n) is 12.5. The van der Waals surface area contributed by atoms with Crippen LogP contribution in [0.15, 0.2) is 54.7 Å². The highest BCUT2D eigenvalue weighted by molar-refractivity contribution is 6.34. The maximum absolute atomic E-state index is 13.6. The number of ether oxygens (including phenoxy) is 1. The first-order valence-electron chi connectivity index (χ1n) is 19.8. The molecule has 3 saturated heterocycles. The zero-order chi connectivity index (χ0) is 39.0. The molecule has 0 atom stereocenters. The summed E-state index contributed by atoms with van der Waals surface area (Å²) in [6.45, 7) is 6.85. The monoisotopic (exact) mass is 780 g/mol. The number of benzene rings is 2. The number of methoxy groups -OCH3 is 1. The van der Waals surface area contributed by atoms with Crippen LogP contribution in [0.4, 0.5) is 16.2 Å². The molecule has 1 aliphatic carbocycles. The zero-order valence-electron chi connectivity index (χ0n) is 32.1. The lowest BCUT2D eigenvalue weighted by Gasteiger charge is -2.47. The minimum atomic E-state index is -0.520. The average Bonchev–Trinajstić information content (AvgIpc) is 3.62. The third-order valence-corrected chi connectivity index (χ3v) is 12.8. The van der Waals surface area contributed by atoms with Crippen LogP contribution in [0.1, 0.15) is 90.4 Å². The third kappa shape index (κ3) is 7.97. The summed E-state index contributed by atoms with van der Waals surface area (Å²) < 4.78 is 7.73. The van der Waals surface area contributed by atoms with Crippen molar-refractivity contribution < 1.29 is 23.9 Å². The number of aromatic nitrogens is 3. The lowest BCUT2D eigenvalue weighted by molar-refractivity contribution is -0.120. The van der Waals surface area contributed by atoms with Gasteiger partial charge in [-0.2, -0.15) is 5.10 Å². The van der Waals surface area contributed by atoms with Crippen molar-refractivity contribution in [3.05, 3.63) is 76.7 Å². The summed E-state index contributed by atoms with van der Waals surface area (Å²) in [6.07, 6.45) is 11.1. The summed E-state index contributed by atoms with van der Waals surface area (Å²) in [7, 11) is 1.60. The van der Waals surface area contributed by atoms with Crippen molar-refractivity contribution in [1.29, 1.82) is 0 Å². The maximum atomic E-state index is 13.6. The number of likely N-dealkylation sites (tertiary alicyclic amines) is 2. The molecule has 0 bridgehead atoms. The number of nitrogens with zero attached hydrogens (tertiary/aromatic N) is 6. The standard InChI is InChI=1S/C42H49ClN8O5/c1-27-4-3-5-33(44-27)39(53)45-35-22-30-26-51(47-34(30)24-37(35)56-2)31-9-6-28(7-10-31)25-48-18-13-42(14-19-48)15-20-49(21-16-42)40(54)29-8-11-32(43)36(23-29)50-17-12-38(52)46-41(50)55/h3-5,8,11,22-24,26,28,31H,6-7,9-10,12-21,25H2,1-2H3,(H,45,53)(H,46,52,55). The van der Waals surface area contributed by atoms with E-state index in [-0.39, 0.29) is 36.1 Å². The Labute approximate surface area is 331 Å². The SMILES string of the molecule is COc1cc2nn(C3CCC(CN4CCC5(CC4)CCN(C(=O)c4ccc(Cl)c(N6CCC(=O)NC6=O)c4)CC5)CC3)cc2cc1NC(=O)c1cccc(C)n1. The van der Waals surface area contributed by atoms with Gasteiger partial charge in [0.05, 0.1) is 35.1 Å². The molecular weight excluding hydrogens is 732 g/mol. The second kappa shape index (κ2) is 15.9. The van der Waals surface area contributed by atoms with Gasteiger partial charge in [-0.3, -0.25) is 29.3 Å². The highest BCUT2D eigenvalue weighted by atomic mass is 35.5. The molecule has 1 saturated carbocycles. The van der Waals surface area contributed by atoms with Crippen molar-refractivity contribution in [3.8, 4) is 5.75 Å². The van der Waals surface area contributed by atoms with Crippen LogP contribution in [0, 0.1) is 18.3 Å². The van der Waals surface area contributed by atoms with E-state index in [0.717, 1.165) is 87.8 Å². The molecule has 0 unspecified atom stereocenters. The van der Waals surface area contributed by atoms with Crippen LogP contribution in [0.2, 0.25) is 5.02 Å². The van der Waals surface area contributed by atoms with E-state index >= 15 is 0 Å². The lowest BCUT2D eigenvalue weighted by atomic mass is 9.71. The largest absolute Gasteiger partial charge is 0.494 e. The minimum Gasteiger partial charge on any atom is -0.494 e. The van der Waals surface area contributed by atoms with Crippen molar-refractivity contribution in [3.63, 3.8) is 0 Å². The fourth-order valence-electron chi connectivity index (χ4n) is 9.06. The zero-order valence-corrected chi connectivity index (χ0v) is 32.8. The molecule has 5 heterocycles. The summed E-state index contributed by atoms with van der Waals surface area (Å²) in [5, 5.41) is 11.6. The van der Waals surface area contributed by atoms with E-state index in [1.54, 1.807) is 31.4 Å². The Kier molecular flexibility index (Phi) is 10.7. The van der Waals surface area contributed by atoms with Gasteiger partial charge in [0.15, 0.2) is 0 Å². The van der Waals surface area contributed by atoms with Crippen LogP contribution < -0.4 is 20.3 Å². The summed E-state index contributed by atoms with van der Waals surface area (Å²) in [4.78, 5) is 61.0. The molecule has 294 valence electrons. The summed E-state index contributed by atoms with van der Waals surface area (Å²) in [6, 6.07) is 14.1. The molecule has 5 amide bonds. The van der Waals surface area contributed by atoms with Gasteiger partial charge in [0.2, 0.25) is 5.91 Å². The highest BCUT2D eigenvalue weighted by Gasteiger charge is 2.39. The van der Waals surface area contributed by atoms with Gasteiger partial charge in [0.25, 0.3) is 11.8 Å². The van der Waals surface area contributed by atoms with Gasteiger partial charge < -0.3 is 19.9 Å². The van der Waals surface area contributed by atoms with Crippen LogP contribution in [0.5, 0.6) is 5.75 Å². The molecule has 14 heteroatoms. The Morgan fingerprint density at radius 1 is 0.964 bits per heavy atom. The molecular formula is C42H49ClN8O5. The number of fused-ring (bicyclic) bond motifs is 1. The van der Waals surface area contributed by atoms with Crippen LogP contribution in [0.25, 0.3) is 10.9 Å². The first-order chi connectivity index (χ1) is 27.1. The van der Waals surface area contributed by atoms with Crippen molar-refractivity contribution in [2.24, 2.45) is 11.3 Å². The smallest absolute Gasteiger partial charge is 0.328 e. The Bertz CT molecular complexity index is 2150. The highest BCUT2D eigenvalue weighted by Crippen LogP contribution is 2.43. The van der Waals surface area contributed by atoms with Crippen LogP contribution >= 0.6 is 11.6 Å². The fraction of sp³-hybridized carbons (Fsp3) is 0.476. The number of carbonyl (C=O) groups is 4. The first-order valence-corrected chi connectivity index (χ1v) is 20.2. The topological polar surface area (TPSA) is 142 Å². The van der Waals surface area contributed by atoms with Gasteiger partial charge in [-0.25, -0.2) is 9.78 Å². The Balaban J connectivity index is 0.805. The van der Waals surface area contributed by atoms with Gasteiger partial charge in [-0.05, 0) is 119 Å². The Morgan fingerprint density at radius 3 is 2.43 bits per heavy atom. The molecule has 56 heavy (non-hydrogen) atoms. The number of pyridine rings is 1. The quantitative estimate of drug-likeness (QED) is 0.198. The number of hydrogen-bond acceptors (Lipinski definition) is 8. The number of rotatable bonds is 8. The van der Waals surface area contributed by atoms with Crippen LogP contribution in [-0.2, 0) is 4.79 Å². The number of piperidine rings is 2.